The number of unbranched alkanes of at least 4 members (excludes halogenated alkanes) is 9. The lowest BCUT2D eigenvalue weighted by molar-refractivity contribution is 0.172. The maximum absolute atomic E-state index is 9.83. The van der Waals surface area contributed by atoms with Gasteiger partial charge >= 0.3 is 0 Å². The summed E-state index contributed by atoms with van der Waals surface area (Å²) in [5.41, 5.74) is 6.03. The quantitative estimate of drug-likeness (QED) is 0.421. The third-order valence-electron chi connectivity index (χ3n) is 3.99. The van der Waals surface area contributed by atoms with Crippen molar-refractivity contribution < 1.29 is 9.94 Å². The molecule has 0 aliphatic heterocycles. The van der Waals surface area contributed by atoms with Gasteiger partial charge in [-0.3, -0.25) is 4.99 Å². The van der Waals surface area contributed by atoms with E-state index in [1.165, 1.54) is 57.8 Å². The fourth-order valence-corrected chi connectivity index (χ4v) is 2.61. The predicted octanol–water partition coefficient (Wildman–Crippen LogP) is 3.92. The van der Waals surface area contributed by atoms with E-state index in [4.69, 9.17) is 10.5 Å². The highest BCUT2D eigenvalue weighted by Gasteiger charge is 2.03. The lowest BCUT2D eigenvalue weighted by Crippen LogP contribution is -2.23. The molecule has 0 aliphatic rings. The van der Waals surface area contributed by atoms with Gasteiger partial charge in [-0.1, -0.05) is 64.7 Å². The van der Waals surface area contributed by atoms with Gasteiger partial charge in [0.05, 0.1) is 6.61 Å². The van der Waals surface area contributed by atoms with E-state index in [0.29, 0.717) is 24.5 Å². The number of nitrogen functional groups attached to an aromatic ring is 1. The summed E-state index contributed by atoms with van der Waals surface area (Å²) in [6.07, 6.45) is 12.9. The van der Waals surface area contributed by atoms with Gasteiger partial charge in [0.1, 0.15) is 0 Å². The predicted molar refractivity (Wildman–Crippen MR) is 97.3 cm³/mol. The van der Waals surface area contributed by atoms with Crippen LogP contribution in [0.15, 0.2) is 11.1 Å². The first-order chi connectivity index (χ1) is 11.7. The van der Waals surface area contributed by atoms with Gasteiger partial charge in [-0.2, -0.15) is 4.98 Å². The van der Waals surface area contributed by atoms with Crippen LogP contribution in [0.2, 0.25) is 0 Å². The van der Waals surface area contributed by atoms with Gasteiger partial charge in [-0.05, 0) is 13.3 Å². The average Bonchev–Trinajstić information content (AvgIpc) is 2.57. The van der Waals surface area contributed by atoms with E-state index in [9.17, 15) is 5.21 Å². The van der Waals surface area contributed by atoms with Crippen LogP contribution in [0.25, 0.3) is 0 Å². The monoisotopic (exact) mass is 338 g/mol. The summed E-state index contributed by atoms with van der Waals surface area (Å²) in [6, 6.07) is 1.61. The van der Waals surface area contributed by atoms with E-state index in [1.54, 1.807) is 6.07 Å². The molecule has 0 aromatic carbocycles. The highest BCUT2D eigenvalue weighted by atomic mass is 16.5. The second-order valence-corrected chi connectivity index (χ2v) is 6.12. The molecule has 0 radical (unpaired) electrons. The Morgan fingerprint density at radius 2 is 1.62 bits per heavy atom. The zero-order valence-electron chi connectivity index (χ0n) is 15.3. The Labute approximate surface area is 145 Å². The lowest BCUT2D eigenvalue weighted by Gasteiger charge is -2.06. The molecule has 3 N–H and O–H groups in total. The Balaban J connectivity index is 2.23. The van der Waals surface area contributed by atoms with Gasteiger partial charge in [0.25, 0.3) is 0 Å². The van der Waals surface area contributed by atoms with Crippen LogP contribution in [-0.4, -0.2) is 28.1 Å². The van der Waals surface area contributed by atoms with E-state index in [-0.39, 0.29) is 5.95 Å². The van der Waals surface area contributed by atoms with Crippen molar-refractivity contribution in [1.29, 1.82) is 0 Å². The minimum atomic E-state index is -0.0113. The van der Waals surface area contributed by atoms with Crippen LogP contribution in [0.4, 0.5) is 5.95 Å². The van der Waals surface area contributed by atoms with Crippen molar-refractivity contribution in [2.45, 2.75) is 78.1 Å². The third-order valence-corrected chi connectivity index (χ3v) is 3.99. The fourth-order valence-electron chi connectivity index (χ4n) is 2.61. The highest BCUT2D eigenvalue weighted by molar-refractivity contribution is 5.21. The second kappa shape index (κ2) is 12.7. The fraction of sp³-hybridized carbons (Fsp3) is 0.778. The molecule has 0 spiro atoms. The van der Waals surface area contributed by atoms with Crippen molar-refractivity contribution in [3.63, 3.8) is 0 Å². The largest absolute Gasteiger partial charge is 0.478 e. The molecule has 0 saturated heterocycles. The van der Waals surface area contributed by atoms with Crippen molar-refractivity contribution in [3.05, 3.63) is 11.6 Å². The molecule has 1 heterocycles. The molecular weight excluding hydrogens is 304 g/mol. The number of nitrogens with zero attached hydrogens (tertiary/aromatic N) is 3. The minimum Gasteiger partial charge on any atom is -0.478 e. The summed E-state index contributed by atoms with van der Waals surface area (Å²) in [7, 11) is 0. The molecule has 6 nitrogen and oxygen atoms in total. The average molecular weight is 338 g/mol. The van der Waals surface area contributed by atoms with Gasteiger partial charge < -0.3 is 15.7 Å². The van der Waals surface area contributed by atoms with Crippen LogP contribution in [0.3, 0.4) is 0 Å². The normalized spacial score (nSPS) is 11.8. The molecule has 0 unspecified atom stereocenters. The van der Waals surface area contributed by atoms with Crippen LogP contribution in [-0.2, 0) is 0 Å². The van der Waals surface area contributed by atoms with Crippen LogP contribution in [0.5, 0.6) is 5.88 Å². The standard InChI is InChI=1S/C18H34N4O2/c1-3-5-6-7-8-9-10-11-12-13-14-20-16-15-17(24-4-2)21-18(19)22(16)23/h15,23H,3-14H2,1-2H3,(H2,19,21). The van der Waals surface area contributed by atoms with E-state index in [0.717, 1.165) is 11.2 Å². The molecule has 6 heteroatoms. The van der Waals surface area contributed by atoms with E-state index >= 15 is 0 Å². The minimum absolute atomic E-state index is 0.0113. The molecule has 138 valence electrons. The Hall–Kier alpha value is -1.72. The van der Waals surface area contributed by atoms with Gasteiger partial charge in [0, 0.05) is 12.6 Å². The number of nitrogens with two attached hydrogens (primary N) is 1. The highest BCUT2D eigenvalue weighted by Crippen LogP contribution is 2.10. The summed E-state index contributed by atoms with van der Waals surface area (Å²) < 4.78 is 6.12. The molecule has 0 amide bonds. The molecule has 0 fully saturated rings. The summed E-state index contributed by atoms with van der Waals surface area (Å²) in [6.45, 7) is 5.30. The molecule has 1 aromatic rings. The van der Waals surface area contributed by atoms with E-state index < -0.39 is 0 Å². The number of rotatable bonds is 13. The van der Waals surface area contributed by atoms with Crippen LogP contribution in [0, 0.1) is 0 Å². The van der Waals surface area contributed by atoms with E-state index in [1.807, 2.05) is 6.92 Å². The first kappa shape index (κ1) is 20.3. The molecule has 0 bridgehead atoms. The Morgan fingerprint density at radius 3 is 2.21 bits per heavy atom. The summed E-state index contributed by atoms with van der Waals surface area (Å²) in [5.74, 6) is 0.380. The van der Waals surface area contributed by atoms with Gasteiger partial charge in [0.2, 0.25) is 11.8 Å². The van der Waals surface area contributed by atoms with Gasteiger partial charge in [0.15, 0.2) is 5.49 Å². The smallest absolute Gasteiger partial charge is 0.239 e. The molecule has 1 rings (SSSR count). The van der Waals surface area contributed by atoms with Crippen molar-refractivity contribution in [2.75, 3.05) is 18.9 Å². The molecule has 0 saturated carbocycles. The van der Waals surface area contributed by atoms with Crippen LogP contribution < -0.4 is 16.0 Å². The first-order valence-electron chi connectivity index (χ1n) is 9.41. The number of ether oxygens (including phenoxy) is 1. The Bertz CT molecular complexity index is 514. The number of anilines is 1. The topological polar surface area (TPSA) is 85.7 Å². The summed E-state index contributed by atoms with van der Waals surface area (Å²) in [5, 5.41) is 9.83. The van der Waals surface area contributed by atoms with Crippen molar-refractivity contribution in [1.82, 2.24) is 9.71 Å². The second-order valence-electron chi connectivity index (χ2n) is 6.12. The van der Waals surface area contributed by atoms with Crippen LogP contribution >= 0.6 is 0 Å². The maximum Gasteiger partial charge on any atom is 0.239 e. The molecule has 1 aromatic heterocycles. The third kappa shape index (κ3) is 8.22. The van der Waals surface area contributed by atoms with E-state index in [2.05, 4.69) is 16.9 Å². The zero-order chi connectivity index (χ0) is 17.6. The molecular formula is C18H34N4O2. The SMILES string of the molecule is CCCCCCCCCCCCN=c1cc(OCC)nc(N)n1O. The number of hydrogen-bond acceptors (Lipinski definition) is 5. The first-order valence-corrected chi connectivity index (χ1v) is 9.41. The molecule has 0 aliphatic carbocycles. The van der Waals surface area contributed by atoms with Gasteiger partial charge in [-0.25, -0.2) is 0 Å². The zero-order valence-corrected chi connectivity index (χ0v) is 15.3. The number of hydrogen-bond donors (Lipinski definition) is 2. The van der Waals surface area contributed by atoms with Crippen LogP contribution in [0.1, 0.15) is 78.1 Å². The summed E-state index contributed by atoms with van der Waals surface area (Å²) in [4.78, 5) is 8.33. The number of aromatic nitrogens is 2. The van der Waals surface area contributed by atoms with Gasteiger partial charge in [-0.15, -0.1) is 4.73 Å². The Kier molecular flexibility index (Phi) is 10.7. The van der Waals surface area contributed by atoms with Crippen molar-refractivity contribution in [2.24, 2.45) is 4.99 Å². The molecule has 0 atom stereocenters. The maximum atomic E-state index is 9.83. The van der Waals surface area contributed by atoms with Crippen molar-refractivity contribution in [3.8, 4) is 5.88 Å². The summed E-state index contributed by atoms with van der Waals surface area (Å²) >= 11 is 0. The lowest BCUT2D eigenvalue weighted by atomic mass is 10.1. The molecule has 24 heavy (non-hydrogen) atoms. The van der Waals surface area contributed by atoms with Crippen molar-refractivity contribution >= 4 is 5.95 Å². The Morgan fingerprint density at radius 1 is 1.04 bits per heavy atom.